The Morgan fingerprint density at radius 1 is 1.33 bits per heavy atom. The van der Waals surface area contributed by atoms with Gasteiger partial charge in [0, 0.05) is 18.1 Å². The zero-order valence-corrected chi connectivity index (χ0v) is 15.0. The number of hydrogen-bond donors (Lipinski definition) is 1. The van der Waals surface area contributed by atoms with Crippen LogP contribution >= 0.6 is 0 Å². The van der Waals surface area contributed by atoms with Crippen LogP contribution in [0.2, 0.25) is 0 Å². The first kappa shape index (κ1) is 16.6. The summed E-state index contributed by atoms with van der Waals surface area (Å²) in [7, 11) is 3.65. The number of furan rings is 1. The predicted octanol–water partition coefficient (Wildman–Crippen LogP) is 3.69. The van der Waals surface area contributed by atoms with Crippen LogP contribution in [0, 0.1) is 13.8 Å². The molecule has 24 heavy (non-hydrogen) atoms. The molecule has 0 saturated heterocycles. The van der Waals surface area contributed by atoms with Gasteiger partial charge in [-0.3, -0.25) is 4.68 Å². The van der Waals surface area contributed by atoms with Crippen LogP contribution < -0.4 is 10.1 Å². The third kappa shape index (κ3) is 3.04. The number of para-hydroxylation sites is 1. The van der Waals surface area contributed by atoms with Crippen molar-refractivity contribution in [2.75, 3.05) is 13.7 Å². The summed E-state index contributed by atoms with van der Waals surface area (Å²) in [5, 5.41) is 9.08. The van der Waals surface area contributed by atoms with Gasteiger partial charge in [-0.1, -0.05) is 12.1 Å². The van der Waals surface area contributed by atoms with E-state index >= 15 is 0 Å². The number of rotatable bonds is 6. The van der Waals surface area contributed by atoms with E-state index in [0.717, 1.165) is 41.1 Å². The molecule has 3 rings (SSSR count). The van der Waals surface area contributed by atoms with Gasteiger partial charge in [-0.25, -0.2) is 0 Å². The third-order valence-electron chi connectivity index (χ3n) is 4.66. The van der Waals surface area contributed by atoms with Gasteiger partial charge in [-0.05, 0) is 51.4 Å². The molecule has 0 amide bonds. The third-order valence-corrected chi connectivity index (χ3v) is 4.66. The molecule has 5 nitrogen and oxygen atoms in total. The van der Waals surface area contributed by atoms with E-state index in [9.17, 15) is 0 Å². The van der Waals surface area contributed by atoms with Gasteiger partial charge >= 0.3 is 0 Å². The number of aryl methyl sites for hydroxylation is 2. The molecule has 1 aromatic carbocycles. The van der Waals surface area contributed by atoms with Gasteiger partial charge in [0.15, 0.2) is 11.3 Å². The van der Waals surface area contributed by atoms with E-state index in [1.807, 2.05) is 29.9 Å². The molecule has 128 valence electrons. The standard InChI is InChI=1S/C19H25N3O2/c1-12-16(14(3)22(4)21-12)9-10-20-13(2)18-11-15-7-6-8-17(23-5)19(15)24-18/h6-8,11,13,20H,9-10H2,1-5H3/t13-/m0/s1. The van der Waals surface area contributed by atoms with Crippen molar-refractivity contribution < 1.29 is 9.15 Å². The lowest BCUT2D eigenvalue weighted by Gasteiger charge is -2.11. The molecule has 3 aromatic rings. The second kappa shape index (κ2) is 6.69. The number of nitrogens with zero attached hydrogens (tertiary/aromatic N) is 2. The summed E-state index contributed by atoms with van der Waals surface area (Å²) in [5.41, 5.74) is 4.47. The molecule has 1 N–H and O–H groups in total. The zero-order chi connectivity index (χ0) is 17.3. The first-order chi connectivity index (χ1) is 11.5. The fourth-order valence-corrected chi connectivity index (χ4v) is 3.12. The van der Waals surface area contributed by atoms with Crippen LogP contribution in [0.4, 0.5) is 0 Å². The Balaban J connectivity index is 1.68. The molecule has 2 heterocycles. The molecule has 0 spiro atoms. The van der Waals surface area contributed by atoms with Gasteiger partial charge in [-0.15, -0.1) is 0 Å². The van der Waals surface area contributed by atoms with Gasteiger partial charge in [0.2, 0.25) is 0 Å². The van der Waals surface area contributed by atoms with Crippen molar-refractivity contribution in [3.05, 3.63) is 47.0 Å². The minimum absolute atomic E-state index is 0.138. The smallest absolute Gasteiger partial charge is 0.176 e. The highest BCUT2D eigenvalue weighted by Gasteiger charge is 2.14. The van der Waals surface area contributed by atoms with Gasteiger partial charge in [0.05, 0.1) is 18.8 Å². The van der Waals surface area contributed by atoms with Gasteiger partial charge in [0.25, 0.3) is 0 Å². The maximum atomic E-state index is 6.00. The summed E-state index contributed by atoms with van der Waals surface area (Å²) in [4.78, 5) is 0. The highest BCUT2D eigenvalue weighted by molar-refractivity contribution is 5.83. The molecule has 5 heteroatoms. The topological polar surface area (TPSA) is 52.2 Å². The monoisotopic (exact) mass is 327 g/mol. The largest absolute Gasteiger partial charge is 0.493 e. The molecule has 0 radical (unpaired) electrons. The highest BCUT2D eigenvalue weighted by atomic mass is 16.5. The molecule has 2 aromatic heterocycles. The molecular weight excluding hydrogens is 302 g/mol. The molecule has 0 aliphatic carbocycles. The van der Waals surface area contributed by atoms with Crippen LogP contribution in [-0.2, 0) is 13.5 Å². The number of ether oxygens (including phenoxy) is 1. The predicted molar refractivity (Wildman–Crippen MR) is 95.6 cm³/mol. The Morgan fingerprint density at radius 3 is 2.79 bits per heavy atom. The number of methoxy groups -OCH3 is 1. The van der Waals surface area contributed by atoms with E-state index in [4.69, 9.17) is 9.15 Å². The molecule has 0 saturated carbocycles. The quantitative estimate of drug-likeness (QED) is 0.750. The number of nitrogens with one attached hydrogen (secondary N) is 1. The minimum atomic E-state index is 0.138. The Morgan fingerprint density at radius 2 is 2.12 bits per heavy atom. The zero-order valence-electron chi connectivity index (χ0n) is 15.0. The van der Waals surface area contributed by atoms with E-state index in [0.29, 0.717) is 0 Å². The summed E-state index contributed by atoms with van der Waals surface area (Å²) in [6.07, 6.45) is 0.958. The average Bonchev–Trinajstić information content (AvgIpc) is 3.10. The van der Waals surface area contributed by atoms with Crippen molar-refractivity contribution in [1.29, 1.82) is 0 Å². The Kier molecular flexibility index (Phi) is 4.62. The Bertz CT molecular complexity index is 848. The fourth-order valence-electron chi connectivity index (χ4n) is 3.12. The van der Waals surface area contributed by atoms with Crippen molar-refractivity contribution >= 4 is 11.0 Å². The van der Waals surface area contributed by atoms with Crippen LogP contribution in [0.5, 0.6) is 5.75 Å². The Hall–Kier alpha value is -2.27. The molecule has 0 fully saturated rings. The maximum absolute atomic E-state index is 6.00. The average molecular weight is 327 g/mol. The molecule has 0 aliphatic rings. The van der Waals surface area contributed by atoms with E-state index < -0.39 is 0 Å². The van der Waals surface area contributed by atoms with Gasteiger partial charge in [0.1, 0.15) is 5.76 Å². The number of benzene rings is 1. The van der Waals surface area contributed by atoms with Crippen LogP contribution in [-0.4, -0.2) is 23.4 Å². The molecule has 1 atom stereocenters. The van der Waals surface area contributed by atoms with Gasteiger partial charge in [-0.2, -0.15) is 5.10 Å². The van der Waals surface area contributed by atoms with E-state index in [2.05, 4.69) is 37.3 Å². The number of fused-ring (bicyclic) bond motifs is 1. The van der Waals surface area contributed by atoms with Crippen LogP contribution in [0.15, 0.2) is 28.7 Å². The lowest BCUT2D eigenvalue weighted by atomic mass is 10.1. The molecular formula is C19H25N3O2. The SMILES string of the molecule is COc1cccc2cc([C@H](C)NCCc3c(C)nn(C)c3C)oc12. The van der Waals surface area contributed by atoms with Crippen LogP contribution in [0.25, 0.3) is 11.0 Å². The van der Waals surface area contributed by atoms with E-state index in [1.165, 1.54) is 11.3 Å². The summed E-state index contributed by atoms with van der Waals surface area (Å²) in [5.74, 6) is 1.70. The molecule has 0 unspecified atom stereocenters. The van der Waals surface area contributed by atoms with Crippen molar-refractivity contribution in [2.45, 2.75) is 33.2 Å². The summed E-state index contributed by atoms with van der Waals surface area (Å²) in [6.45, 7) is 7.18. The van der Waals surface area contributed by atoms with Crippen molar-refractivity contribution in [1.82, 2.24) is 15.1 Å². The lowest BCUT2D eigenvalue weighted by Crippen LogP contribution is -2.21. The van der Waals surface area contributed by atoms with Gasteiger partial charge < -0.3 is 14.5 Å². The Labute approximate surface area is 142 Å². The second-order valence-electron chi connectivity index (χ2n) is 6.23. The minimum Gasteiger partial charge on any atom is -0.493 e. The summed E-state index contributed by atoms with van der Waals surface area (Å²) >= 11 is 0. The van der Waals surface area contributed by atoms with Crippen LogP contribution in [0.3, 0.4) is 0 Å². The summed E-state index contributed by atoms with van der Waals surface area (Å²) in [6, 6.07) is 8.16. The molecule has 0 bridgehead atoms. The highest BCUT2D eigenvalue weighted by Crippen LogP contribution is 2.30. The first-order valence-electron chi connectivity index (χ1n) is 8.30. The lowest BCUT2D eigenvalue weighted by molar-refractivity contribution is 0.400. The fraction of sp³-hybridized carbons (Fsp3) is 0.421. The van der Waals surface area contributed by atoms with E-state index in [-0.39, 0.29) is 6.04 Å². The first-order valence-corrected chi connectivity index (χ1v) is 8.30. The van der Waals surface area contributed by atoms with Crippen molar-refractivity contribution in [3.8, 4) is 5.75 Å². The normalized spacial score (nSPS) is 12.7. The van der Waals surface area contributed by atoms with Crippen molar-refractivity contribution in [3.63, 3.8) is 0 Å². The summed E-state index contributed by atoms with van der Waals surface area (Å²) < 4.78 is 13.3. The molecule has 0 aliphatic heterocycles. The number of hydrogen-bond acceptors (Lipinski definition) is 4. The van der Waals surface area contributed by atoms with Crippen molar-refractivity contribution in [2.24, 2.45) is 7.05 Å². The van der Waals surface area contributed by atoms with Crippen LogP contribution in [0.1, 0.15) is 35.7 Å². The second-order valence-corrected chi connectivity index (χ2v) is 6.23. The maximum Gasteiger partial charge on any atom is 0.176 e. The number of aromatic nitrogens is 2. The van der Waals surface area contributed by atoms with E-state index in [1.54, 1.807) is 7.11 Å².